The molecule has 1 saturated carbocycles. The Kier molecular flexibility index (Phi) is 9.54. The zero-order chi connectivity index (χ0) is 36.6. The molecule has 0 unspecified atom stereocenters. The van der Waals surface area contributed by atoms with Crippen molar-refractivity contribution in [2.45, 2.75) is 70.9 Å². The molecule has 53 heavy (non-hydrogen) atoms. The van der Waals surface area contributed by atoms with Crippen molar-refractivity contribution >= 4 is 57.6 Å². The van der Waals surface area contributed by atoms with Crippen molar-refractivity contribution in [2.75, 3.05) is 65.8 Å². The normalized spacial score (nSPS) is 19.2. The molecule has 0 spiro atoms. The number of aryl methyl sites for hydroxylation is 1. The number of imide groups is 1. The minimum atomic E-state index is -0.360. The summed E-state index contributed by atoms with van der Waals surface area (Å²) in [4.78, 5) is 72.8. The van der Waals surface area contributed by atoms with Crippen molar-refractivity contribution < 1.29 is 14.4 Å². The number of benzene rings is 1. The number of piperidine rings is 1. The first-order valence-corrected chi connectivity index (χ1v) is 18.8. The first kappa shape index (κ1) is 34.7. The Bertz CT molecular complexity index is 2080. The number of hydrogen-bond acceptors (Lipinski definition) is 11. The van der Waals surface area contributed by atoms with Crippen LogP contribution in [0, 0.1) is 6.92 Å². The Labute approximate surface area is 308 Å². The Morgan fingerprint density at radius 3 is 2.11 bits per heavy atom. The number of aromatic nitrogens is 4. The fourth-order valence-electron chi connectivity index (χ4n) is 8.56. The molecule has 0 bridgehead atoms. The highest BCUT2D eigenvalue weighted by molar-refractivity contribution is 6.05. The number of hydrogen-bond donors (Lipinski definition) is 2. The Balaban J connectivity index is 0.857. The topological polar surface area (TPSA) is 149 Å². The largest absolute Gasteiger partial charge is 0.370 e. The van der Waals surface area contributed by atoms with Crippen molar-refractivity contribution in [3.63, 3.8) is 0 Å². The minimum absolute atomic E-state index is 0.0225. The van der Waals surface area contributed by atoms with Crippen LogP contribution in [0.3, 0.4) is 0 Å². The summed E-state index contributed by atoms with van der Waals surface area (Å²) < 4.78 is 1.73. The summed E-state index contributed by atoms with van der Waals surface area (Å²) in [6, 6.07) is 12.3. The number of fused-ring (bicyclic) bond motifs is 1. The molecular formula is C39H46N10O4. The molecule has 14 nitrogen and oxygen atoms in total. The van der Waals surface area contributed by atoms with E-state index in [0.717, 1.165) is 100 Å². The molecule has 3 saturated heterocycles. The van der Waals surface area contributed by atoms with Gasteiger partial charge in [-0.15, -0.1) is 0 Å². The zero-order valence-corrected chi connectivity index (χ0v) is 30.4. The lowest BCUT2D eigenvalue weighted by Gasteiger charge is -2.43. The van der Waals surface area contributed by atoms with E-state index in [9.17, 15) is 19.2 Å². The van der Waals surface area contributed by atoms with Crippen LogP contribution in [-0.4, -0.2) is 94.0 Å². The molecule has 8 rings (SSSR count). The molecule has 3 aromatic heterocycles. The smallest absolute Gasteiger partial charge is 0.328 e. The number of amides is 3. The van der Waals surface area contributed by atoms with E-state index in [0.29, 0.717) is 42.0 Å². The predicted octanol–water partition coefficient (Wildman–Crippen LogP) is 4.79. The molecule has 276 valence electrons. The highest BCUT2D eigenvalue weighted by Crippen LogP contribution is 2.32. The second kappa shape index (κ2) is 14.6. The SMILES string of the molecule is CC(=O)c1c(C)c2cnc(Nc3ccc(N4CCC(N5CCN(c6ccc(N7CCC(=O)NC7=O)cc6)CC5)CC4)cn3)nc2n(C2CCCC2)c1=O. The van der Waals surface area contributed by atoms with Crippen LogP contribution in [0.1, 0.15) is 73.8 Å². The summed E-state index contributed by atoms with van der Waals surface area (Å²) >= 11 is 0. The number of nitrogens with zero attached hydrogens (tertiary/aromatic N) is 8. The summed E-state index contributed by atoms with van der Waals surface area (Å²) in [5.41, 5.74) is 4.18. The molecule has 4 aliphatic rings. The van der Waals surface area contributed by atoms with Crippen molar-refractivity contribution in [1.29, 1.82) is 0 Å². The number of piperazine rings is 1. The van der Waals surface area contributed by atoms with Crippen LogP contribution in [0.15, 0.2) is 53.6 Å². The molecular weight excluding hydrogens is 672 g/mol. The van der Waals surface area contributed by atoms with Gasteiger partial charge >= 0.3 is 6.03 Å². The van der Waals surface area contributed by atoms with Gasteiger partial charge in [-0.1, -0.05) is 12.8 Å². The van der Waals surface area contributed by atoms with Gasteiger partial charge in [0.1, 0.15) is 11.5 Å². The summed E-state index contributed by atoms with van der Waals surface area (Å²) in [6.45, 7) is 9.50. The van der Waals surface area contributed by atoms with Crippen LogP contribution in [-0.2, 0) is 4.79 Å². The average Bonchev–Trinajstić information content (AvgIpc) is 3.70. The number of ketones is 1. The van der Waals surface area contributed by atoms with Gasteiger partial charge in [-0.2, -0.15) is 4.98 Å². The van der Waals surface area contributed by atoms with Gasteiger partial charge in [0.05, 0.1) is 17.4 Å². The van der Waals surface area contributed by atoms with E-state index in [2.05, 4.69) is 53.5 Å². The van der Waals surface area contributed by atoms with E-state index in [-0.39, 0.29) is 34.9 Å². The van der Waals surface area contributed by atoms with Crippen molar-refractivity contribution in [1.82, 2.24) is 29.7 Å². The van der Waals surface area contributed by atoms with Gasteiger partial charge in [0.2, 0.25) is 11.9 Å². The molecule has 4 fully saturated rings. The number of urea groups is 1. The lowest BCUT2D eigenvalue weighted by molar-refractivity contribution is -0.120. The van der Waals surface area contributed by atoms with Crippen LogP contribution < -0.4 is 30.9 Å². The number of pyridine rings is 2. The van der Waals surface area contributed by atoms with E-state index in [4.69, 9.17) is 4.98 Å². The third-order valence-corrected chi connectivity index (χ3v) is 11.5. The maximum absolute atomic E-state index is 13.6. The van der Waals surface area contributed by atoms with E-state index in [1.54, 1.807) is 22.6 Å². The fourth-order valence-corrected chi connectivity index (χ4v) is 8.56. The summed E-state index contributed by atoms with van der Waals surface area (Å²) in [6.07, 6.45) is 9.98. The summed E-state index contributed by atoms with van der Waals surface area (Å²) in [5.74, 6) is 0.525. The van der Waals surface area contributed by atoms with Crippen LogP contribution in [0.4, 0.5) is 33.6 Å². The average molecular weight is 719 g/mol. The quantitative estimate of drug-likeness (QED) is 0.242. The number of carbonyl (C=O) groups excluding carboxylic acids is 3. The highest BCUT2D eigenvalue weighted by Gasteiger charge is 2.29. The van der Waals surface area contributed by atoms with Gasteiger partial charge < -0.3 is 15.1 Å². The molecule has 0 radical (unpaired) electrons. The van der Waals surface area contributed by atoms with Gasteiger partial charge in [0, 0.05) is 87.3 Å². The molecule has 0 atom stereocenters. The van der Waals surface area contributed by atoms with Crippen LogP contribution in [0.25, 0.3) is 11.0 Å². The zero-order valence-electron chi connectivity index (χ0n) is 30.4. The number of carbonyl (C=O) groups is 3. The summed E-state index contributed by atoms with van der Waals surface area (Å²) in [7, 11) is 0. The first-order valence-electron chi connectivity index (χ1n) is 18.8. The Morgan fingerprint density at radius 1 is 0.774 bits per heavy atom. The highest BCUT2D eigenvalue weighted by atomic mass is 16.2. The van der Waals surface area contributed by atoms with E-state index >= 15 is 0 Å². The number of anilines is 5. The van der Waals surface area contributed by atoms with Crippen LogP contribution in [0.2, 0.25) is 0 Å². The first-order chi connectivity index (χ1) is 25.7. The molecule has 1 aromatic carbocycles. The lowest BCUT2D eigenvalue weighted by Crippen LogP contribution is -2.53. The van der Waals surface area contributed by atoms with E-state index in [1.807, 2.05) is 24.4 Å². The van der Waals surface area contributed by atoms with Crippen molar-refractivity contribution in [2.24, 2.45) is 0 Å². The third kappa shape index (κ3) is 6.95. The maximum Gasteiger partial charge on any atom is 0.328 e. The van der Waals surface area contributed by atoms with Crippen LogP contribution in [0.5, 0.6) is 0 Å². The molecule has 3 aliphatic heterocycles. The molecule has 4 aromatic rings. The van der Waals surface area contributed by atoms with Gasteiger partial charge in [-0.25, -0.2) is 14.8 Å². The predicted molar refractivity (Wildman–Crippen MR) is 205 cm³/mol. The van der Waals surface area contributed by atoms with Gasteiger partial charge in [0.25, 0.3) is 5.56 Å². The molecule has 14 heteroatoms. The number of rotatable bonds is 8. The molecule has 6 heterocycles. The second-order valence-electron chi connectivity index (χ2n) is 14.6. The van der Waals surface area contributed by atoms with Gasteiger partial charge in [-0.05, 0) is 81.5 Å². The van der Waals surface area contributed by atoms with E-state index in [1.165, 1.54) is 6.92 Å². The number of nitrogens with one attached hydrogen (secondary N) is 2. The number of Topliss-reactive ketones (excluding diaryl/α,β-unsaturated/α-hetero) is 1. The minimum Gasteiger partial charge on any atom is -0.370 e. The fraction of sp³-hybridized carbons (Fsp3) is 0.462. The molecule has 1 aliphatic carbocycles. The van der Waals surface area contributed by atoms with Gasteiger partial charge in [0.15, 0.2) is 5.78 Å². The lowest BCUT2D eigenvalue weighted by atomic mass is 10.0. The van der Waals surface area contributed by atoms with Crippen molar-refractivity contribution in [3.05, 3.63) is 70.3 Å². The van der Waals surface area contributed by atoms with Crippen molar-refractivity contribution in [3.8, 4) is 0 Å². The Hall–Kier alpha value is -5.37. The second-order valence-corrected chi connectivity index (χ2v) is 14.6. The monoisotopic (exact) mass is 718 g/mol. The van der Waals surface area contributed by atoms with Crippen LogP contribution >= 0.6 is 0 Å². The summed E-state index contributed by atoms with van der Waals surface area (Å²) in [5, 5.41) is 6.34. The Morgan fingerprint density at radius 2 is 1.45 bits per heavy atom. The van der Waals surface area contributed by atoms with Gasteiger partial charge in [-0.3, -0.25) is 34.1 Å². The third-order valence-electron chi connectivity index (χ3n) is 11.5. The maximum atomic E-state index is 13.6. The molecule has 3 amide bonds. The molecule has 2 N–H and O–H groups in total. The standard InChI is InChI=1S/C39H46N10O4/c1-25-32-24-41-38(44-36(32)49(30-5-3-4-6-30)37(52)35(25)26(2)50)42-33-12-11-31(23-40-33)45-16-13-28(14-17-45)47-21-19-46(20-22-47)27-7-9-29(10-8-27)48-18-15-34(51)43-39(48)53/h7-12,23-24,28,30H,3-6,13-22H2,1-2H3,(H,43,51,53)(H,40,41,42,44). The van der Waals surface area contributed by atoms with E-state index < -0.39 is 0 Å².